The van der Waals surface area contributed by atoms with E-state index < -0.39 is 36.1 Å². The van der Waals surface area contributed by atoms with Crippen molar-refractivity contribution in [1.82, 2.24) is 4.90 Å². The molecule has 3 amide bonds. The largest absolute Gasteiger partial charge is 0.493 e. The van der Waals surface area contributed by atoms with Crippen molar-refractivity contribution in [3.63, 3.8) is 0 Å². The van der Waals surface area contributed by atoms with E-state index in [-0.39, 0.29) is 18.9 Å². The zero-order chi connectivity index (χ0) is 32.4. The molecule has 0 saturated carbocycles. The van der Waals surface area contributed by atoms with Gasteiger partial charge in [0, 0.05) is 18.3 Å². The number of benzene rings is 4. The van der Waals surface area contributed by atoms with E-state index in [0.29, 0.717) is 39.9 Å². The molecule has 0 saturated heterocycles. The zero-order valence-electron chi connectivity index (χ0n) is 25.4. The van der Waals surface area contributed by atoms with Gasteiger partial charge in [-0.25, -0.2) is 0 Å². The van der Waals surface area contributed by atoms with Crippen LogP contribution in [0, 0.1) is 6.92 Å². The third-order valence-corrected chi connectivity index (χ3v) is 7.89. The lowest BCUT2D eigenvalue weighted by Crippen LogP contribution is -2.46. The van der Waals surface area contributed by atoms with Crippen LogP contribution in [0.3, 0.4) is 0 Å². The number of nitrogens with one attached hydrogen (secondary N) is 1. The molecule has 11 heteroatoms. The van der Waals surface area contributed by atoms with Crippen molar-refractivity contribution >= 4 is 34.9 Å². The van der Waals surface area contributed by atoms with E-state index in [1.165, 1.54) is 19.1 Å². The van der Waals surface area contributed by atoms with Gasteiger partial charge in [0.15, 0.2) is 23.0 Å². The van der Waals surface area contributed by atoms with Crippen molar-refractivity contribution < 1.29 is 38.1 Å². The molecule has 1 unspecified atom stereocenters. The molecule has 0 aromatic heterocycles. The van der Waals surface area contributed by atoms with Gasteiger partial charge in [-0.15, -0.1) is 0 Å². The number of carbonyl (C=O) groups is 4. The Morgan fingerprint density at radius 2 is 1.63 bits per heavy atom. The number of fused-ring (bicyclic) bond motifs is 2. The Morgan fingerprint density at radius 1 is 0.891 bits per heavy atom. The average Bonchev–Trinajstić information content (AvgIpc) is 3.63. The summed E-state index contributed by atoms with van der Waals surface area (Å²) in [6.07, 6.45) is 0. The fourth-order valence-corrected chi connectivity index (χ4v) is 5.53. The molecule has 46 heavy (non-hydrogen) atoms. The maximum Gasteiger partial charge on any atom is 0.299 e. The quantitative estimate of drug-likeness (QED) is 0.253. The number of hydrogen-bond donors (Lipinski definition) is 1. The minimum absolute atomic E-state index is 0.0182. The standard InChI is InChI=1S/C35H31N3O8/c1-21-8-10-22(11-9-21)18-38(31(39)19-37-26-7-5-4-6-25(26)33(40)35(37)42)32(23-12-14-27(43-2)29(16-23)44-3)34(41)36-24-13-15-28-30(17-24)46-20-45-28/h4-17,32H,18-20H2,1-3H3,(H,36,41). The molecule has 0 aliphatic carbocycles. The van der Waals surface area contributed by atoms with Gasteiger partial charge in [-0.1, -0.05) is 48.0 Å². The molecule has 0 fully saturated rings. The highest BCUT2D eigenvalue weighted by molar-refractivity contribution is 6.52. The Bertz CT molecular complexity index is 1840. The molecule has 0 radical (unpaired) electrons. The number of ketones is 1. The molecule has 6 rings (SSSR count). The molecule has 2 heterocycles. The van der Waals surface area contributed by atoms with E-state index in [1.54, 1.807) is 60.7 Å². The number of aryl methyl sites for hydroxylation is 1. The summed E-state index contributed by atoms with van der Waals surface area (Å²) in [4.78, 5) is 57.0. The Balaban J connectivity index is 1.42. The van der Waals surface area contributed by atoms with E-state index in [9.17, 15) is 19.2 Å². The fourth-order valence-electron chi connectivity index (χ4n) is 5.53. The Morgan fingerprint density at radius 3 is 2.39 bits per heavy atom. The predicted octanol–water partition coefficient (Wildman–Crippen LogP) is 4.68. The summed E-state index contributed by atoms with van der Waals surface area (Å²) < 4.78 is 21.8. The van der Waals surface area contributed by atoms with Crippen LogP contribution in [-0.4, -0.2) is 56.0 Å². The predicted molar refractivity (Wildman–Crippen MR) is 168 cm³/mol. The van der Waals surface area contributed by atoms with Gasteiger partial charge in [0.25, 0.3) is 17.6 Å². The second kappa shape index (κ2) is 12.6. The summed E-state index contributed by atoms with van der Waals surface area (Å²) >= 11 is 0. The van der Waals surface area contributed by atoms with Crippen LogP contribution < -0.4 is 29.2 Å². The van der Waals surface area contributed by atoms with Gasteiger partial charge < -0.3 is 29.2 Å². The van der Waals surface area contributed by atoms with Gasteiger partial charge in [-0.2, -0.15) is 0 Å². The fraction of sp³-hybridized carbons (Fsp3) is 0.200. The molecular weight excluding hydrogens is 590 g/mol. The summed E-state index contributed by atoms with van der Waals surface area (Å²) in [6, 6.07) is 22.9. The molecular formula is C35H31N3O8. The van der Waals surface area contributed by atoms with Crippen molar-refractivity contribution in [2.45, 2.75) is 19.5 Å². The van der Waals surface area contributed by atoms with Crippen LogP contribution in [0.2, 0.25) is 0 Å². The van der Waals surface area contributed by atoms with Crippen molar-refractivity contribution in [3.8, 4) is 23.0 Å². The average molecular weight is 622 g/mol. The Kier molecular flexibility index (Phi) is 8.30. The first-order valence-corrected chi connectivity index (χ1v) is 14.5. The van der Waals surface area contributed by atoms with E-state index >= 15 is 0 Å². The van der Waals surface area contributed by atoms with Gasteiger partial charge in [-0.3, -0.25) is 24.1 Å². The first-order valence-electron chi connectivity index (χ1n) is 14.5. The molecule has 4 aromatic carbocycles. The van der Waals surface area contributed by atoms with Gasteiger partial charge in [0.05, 0.1) is 25.5 Å². The van der Waals surface area contributed by atoms with Gasteiger partial charge in [0.2, 0.25) is 12.7 Å². The van der Waals surface area contributed by atoms with Gasteiger partial charge in [0.1, 0.15) is 12.6 Å². The lowest BCUT2D eigenvalue weighted by molar-refractivity contribution is -0.139. The highest BCUT2D eigenvalue weighted by Crippen LogP contribution is 2.37. The number of hydrogen-bond acceptors (Lipinski definition) is 8. The highest BCUT2D eigenvalue weighted by Gasteiger charge is 2.39. The second-order valence-electron chi connectivity index (χ2n) is 10.8. The number of methoxy groups -OCH3 is 2. The number of carbonyl (C=O) groups excluding carboxylic acids is 4. The smallest absolute Gasteiger partial charge is 0.299 e. The van der Waals surface area contributed by atoms with Crippen LogP contribution in [0.4, 0.5) is 11.4 Å². The normalized spacial score (nSPS) is 13.7. The molecule has 1 atom stereocenters. The summed E-state index contributed by atoms with van der Waals surface area (Å²) in [7, 11) is 2.98. The van der Waals surface area contributed by atoms with Crippen LogP contribution in [0.5, 0.6) is 23.0 Å². The summed E-state index contributed by atoms with van der Waals surface area (Å²) in [6.45, 7) is 1.57. The summed E-state index contributed by atoms with van der Waals surface area (Å²) in [5, 5.41) is 2.92. The number of amides is 3. The minimum atomic E-state index is -1.21. The lowest BCUT2D eigenvalue weighted by atomic mass is 10.0. The monoisotopic (exact) mass is 621 g/mol. The van der Waals surface area contributed by atoms with Gasteiger partial charge in [-0.05, 0) is 54.4 Å². The van der Waals surface area contributed by atoms with Crippen molar-refractivity contribution in [2.24, 2.45) is 0 Å². The number of para-hydroxylation sites is 1. The lowest BCUT2D eigenvalue weighted by Gasteiger charge is -2.33. The van der Waals surface area contributed by atoms with Crippen LogP contribution in [-0.2, 0) is 20.9 Å². The van der Waals surface area contributed by atoms with Crippen LogP contribution in [0.25, 0.3) is 0 Å². The summed E-state index contributed by atoms with van der Waals surface area (Å²) in [5.41, 5.74) is 3.20. The van der Waals surface area contributed by atoms with E-state index in [4.69, 9.17) is 18.9 Å². The minimum Gasteiger partial charge on any atom is -0.493 e. The number of rotatable bonds is 10. The number of Topliss-reactive ketones (excluding diaryl/α,β-unsaturated/α-hetero) is 1. The molecule has 4 aromatic rings. The molecule has 1 N–H and O–H groups in total. The second-order valence-corrected chi connectivity index (χ2v) is 10.8. The van der Waals surface area contributed by atoms with E-state index in [2.05, 4.69) is 5.32 Å². The number of ether oxygens (including phenoxy) is 4. The van der Waals surface area contributed by atoms with E-state index in [0.717, 1.165) is 16.0 Å². The van der Waals surface area contributed by atoms with E-state index in [1.807, 2.05) is 31.2 Å². The first-order chi connectivity index (χ1) is 22.3. The SMILES string of the molecule is COc1ccc(C(C(=O)Nc2ccc3c(c2)OCO3)N(Cc2ccc(C)cc2)C(=O)CN2C(=O)C(=O)c3ccccc32)cc1OC. The maximum atomic E-state index is 14.4. The van der Waals surface area contributed by atoms with Gasteiger partial charge >= 0.3 is 0 Å². The highest BCUT2D eigenvalue weighted by atomic mass is 16.7. The molecule has 2 aliphatic rings. The molecule has 2 aliphatic heterocycles. The topological polar surface area (TPSA) is 124 Å². The third-order valence-electron chi connectivity index (χ3n) is 7.89. The van der Waals surface area contributed by atoms with Crippen molar-refractivity contribution in [3.05, 3.63) is 107 Å². The van der Waals surface area contributed by atoms with Crippen molar-refractivity contribution in [2.75, 3.05) is 37.8 Å². The van der Waals surface area contributed by atoms with Crippen molar-refractivity contribution in [1.29, 1.82) is 0 Å². The van der Waals surface area contributed by atoms with Crippen LogP contribution >= 0.6 is 0 Å². The Hall–Kier alpha value is -5.84. The molecule has 11 nitrogen and oxygen atoms in total. The summed E-state index contributed by atoms with van der Waals surface area (Å²) in [5.74, 6) is -0.759. The molecule has 234 valence electrons. The number of anilines is 2. The zero-order valence-corrected chi connectivity index (χ0v) is 25.4. The maximum absolute atomic E-state index is 14.4. The third kappa shape index (κ3) is 5.82. The molecule has 0 bridgehead atoms. The first kappa shape index (κ1) is 30.2. The number of nitrogens with zero attached hydrogens (tertiary/aromatic N) is 2. The molecule has 0 spiro atoms. The van der Waals surface area contributed by atoms with Crippen LogP contribution in [0.1, 0.15) is 33.1 Å². The van der Waals surface area contributed by atoms with Crippen LogP contribution in [0.15, 0.2) is 84.9 Å². The Labute approximate surface area is 265 Å².